The van der Waals surface area contributed by atoms with Crippen molar-refractivity contribution in [2.45, 2.75) is 82.8 Å². The van der Waals surface area contributed by atoms with Gasteiger partial charge in [0.15, 0.2) is 40.5 Å². The molecule has 4 aliphatic rings. The van der Waals surface area contributed by atoms with E-state index in [9.17, 15) is 15.0 Å². The van der Waals surface area contributed by atoms with Crippen LogP contribution in [0.1, 0.15) is 84.5 Å². The Hall–Kier alpha value is -4.93. The zero-order valence-corrected chi connectivity index (χ0v) is 33.0. The van der Waals surface area contributed by atoms with Gasteiger partial charge in [0.2, 0.25) is 5.75 Å². The summed E-state index contributed by atoms with van der Waals surface area (Å²) in [5, 5.41) is 22.7. The Morgan fingerprint density at radius 1 is 0.855 bits per heavy atom. The first-order valence-corrected chi connectivity index (χ1v) is 19.6. The van der Waals surface area contributed by atoms with Gasteiger partial charge in [0.05, 0.1) is 34.9 Å². The van der Waals surface area contributed by atoms with Crippen LogP contribution in [0.2, 0.25) is 0 Å². The number of hydrogen-bond donors (Lipinski definition) is 2. The highest BCUT2D eigenvalue weighted by atomic mass is 16.5. The minimum absolute atomic E-state index is 0.0794. The summed E-state index contributed by atoms with van der Waals surface area (Å²) < 4.78 is 31.2. The number of aromatic hydroxyl groups is 1. The van der Waals surface area contributed by atoms with Crippen LogP contribution in [0.5, 0.6) is 46.0 Å². The number of ether oxygens (including phenoxy) is 5. The molecule has 0 radical (unpaired) electrons. The number of unbranched alkanes of at least 4 members (excludes halogenated alkanes) is 3. The number of nitrogens with zero attached hydrogens (tertiary/aromatic N) is 2. The molecule has 4 unspecified atom stereocenters. The van der Waals surface area contributed by atoms with Crippen LogP contribution in [0.3, 0.4) is 0 Å². The fourth-order valence-corrected chi connectivity index (χ4v) is 9.10. The van der Waals surface area contributed by atoms with Gasteiger partial charge >= 0.3 is 5.97 Å². The van der Waals surface area contributed by atoms with Gasteiger partial charge in [0, 0.05) is 43.0 Å². The third-order valence-corrected chi connectivity index (χ3v) is 12.3. The molecule has 292 valence electrons. The SMILES string of the molecule is CCCCCCC(C(=O)O)[N+]1(C)CCc2cc(OC)c3cc2C1Cc1ccc(cc1)Oc1cc(ccc1OC)CC1c2c(cc(OC)c(O)c2O3)CCN1C. The van der Waals surface area contributed by atoms with Crippen LogP contribution < -0.4 is 23.7 Å². The van der Waals surface area contributed by atoms with E-state index in [-0.39, 0.29) is 17.8 Å². The first-order valence-electron chi connectivity index (χ1n) is 19.6. The van der Waals surface area contributed by atoms with E-state index in [0.717, 1.165) is 72.0 Å². The fourth-order valence-electron chi connectivity index (χ4n) is 9.10. The first-order chi connectivity index (χ1) is 26.6. The molecule has 0 aliphatic carbocycles. The molecule has 2 N–H and O–H groups in total. The number of benzene rings is 4. The molecule has 0 saturated heterocycles. The molecule has 0 amide bonds. The van der Waals surface area contributed by atoms with Gasteiger partial charge in [-0.3, -0.25) is 4.90 Å². The number of methoxy groups -OCH3 is 3. The summed E-state index contributed by atoms with van der Waals surface area (Å²) in [6.45, 7) is 3.64. The van der Waals surface area contributed by atoms with Crippen molar-refractivity contribution in [3.8, 4) is 46.0 Å². The zero-order chi connectivity index (χ0) is 38.9. The van der Waals surface area contributed by atoms with Gasteiger partial charge in [-0.05, 0) is 91.0 Å². The van der Waals surface area contributed by atoms with Crippen LogP contribution in [0.25, 0.3) is 0 Å². The molecule has 4 atom stereocenters. The molecule has 0 saturated carbocycles. The average Bonchev–Trinajstić information content (AvgIpc) is 3.18. The second-order valence-corrected chi connectivity index (χ2v) is 15.6. The predicted octanol–water partition coefficient (Wildman–Crippen LogP) is 8.80. The van der Waals surface area contributed by atoms with E-state index in [0.29, 0.717) is 77.0 Å². The van der Waals surface area contributed by atoms with Gasteiger partial charge in [-0.25, -0.2) is 4.79 Å². The number of aliphatic carboxylic acids is 1. The third-order valence-electron chi connectivity index (χ3n) is 12.3. The van der Waals surface area contributed by atoms with Crippen LogP contribution >= 0.6 is 0 Å². The molecular weight excluding hydrogens is 697 g/mol. The number of rotatable bonds is 10. The van der Waals surface area contributed by atoms with E-state index < -0.39 is 12.0 Å². The maximum Gasteiger partial charge on any atom is 0.362 e. The van der Waals surface area contributed by atoms with Crippen LogP contribution in [-0.4, -0.2) is 80.1 Å². The largest absolute Gasteiger partial charge is 0.502 e. The summed E-state index contributed by atoms with van der Waals surface area (Å²) in [5.41, 5.74) is 6.16. The summed E-state index contributed by atoms with van der Waals surface area (Å²) >= 11 is 0. The maximum atomic E-state index is 13.2. The molecule has 10 nitrogen and oxygen atoms in total. The third kappa shape index (κ3) is 7.42. The molecule has 55 heavy (non-hydrogen) atoms. The smallest absolute Gasteiger partial charge is 0.362 e. The second-order valence-electron chi connectivity index (χ2n) is 15.6. The number of phenols is 1. The summed E-state index contributed by atoms with van der Waals surface area (Å²) in [6, 6.07) is 19.2. The van der Waals surface area contributed by atoms with E-state index >= 15 is 0 Å². The zero-order valence-electron chi connectivity index (χ0n) is 33.0. The number of carboxylic acids is 1. The second kappa shape index (κ2) is 16.0. The molecule has 0 aromatic heterocycles. The molecule has 4 aromatic rings. The summed E-state index contributed by atoms with van der Waals surface area (Å²) in [6.07, 6.45) is 7.30. The van der Waals surface area contributed by atoms with Crippen molar-refractivity contribution in [2.75, 3.05) is 48.5 Å². The number of fused-ring (bicyclic) bond motifs is 2. The highest BCUT2D eigenvalue weighted by Crippen LogP contribution is 2.52. The Kier molecular flexibility index (Phi) is 11.2. The van der Waals surface area contributed by atoms with E-state index in [1.165, 1.54) is 0 Å². The van der Waals surface area contributed by atoms with Crippen molar-refractivity contribution in [3.05, 3.63) is 94.0 Å². The molecule has 0 spiro atoms. The Morgan fingerprint density at radius 2 is 1.56 bits per heavy atom. The number of quaternary nitrogens is 1. The Balaban J connectivity index is 1.44. The van der Waals surface area contributed by atoms with Crippen LogP contribution in [-0.2, 0) is 30.5 Å². The highest BCUT2D eigenvalue weighted by molar-refractivity contribution is 5.72. The molecule has 0 fully saturated rings. The Morgan fingerprint density at radius 3 is 2.27 bits per heavy atom. The number of carboxylic acid groups (broad SMARTS) is 1. The van der Waals surface area contributed by atoms with Gasteiger partial charge in [-0.1, -0.05) is 44.4 Å². The number of likely N-dealkylation sites (N-methyl/N-ethyl adjacent to an activating group) is 2. The van der Waals surface area contributed by atoms with Crippen LogP contribution in [0, 0.1) is 0 Å². The van der Waals surface area contributed by atoms with Crippen LogP contribution in [0.15, 0.2) is 60.7 Å². The first kappa shape index (κ1) is 38.3. The van der Waals surface area contributed by atoms with Crippen molar-refractivity contribution < 1.29 is 43.2 Å². The van der Waals surface area contributed by atoms with Crippen molar-refractivity contribution in [2.24, 2.45) is 0 Å². The molecule has 6 bridgehead atoms. The predicted molar refractivity (Wildman–Crippen MR) is 211 cm³/mol. The standard InChI is InChI=1S/C45H54N2O8/c1-7-8-9-10-11-35(45(49)50)47(3)21-19-30-25-38(52-5)40-27-33(30)36(47)23-28-12-15-32(16-13-28)54-39-24-29(14-17-37(39)51-4)22-34-42-31(18-20-46(34)2)26-41(53-6)43(48)44(42)55-40/h12-17,24-27,34-36H,7-11,18-23H2,1-6H3,(H-,48,49,50)/p+1. The summed E-state index contributed by atoms with van der Waals surface area (Å²) in [7, 11) is 9.03. The highest BCUT2D eigenvalue weighted by Gasteiger charge is 2.48. The molecule has 4 aromatic carbocycles. The normalized spacial score (nSPS) is 20.9. The lowest BCUT2D eigenvalue weighted by Gasteiger charge is -2.49. The van der Waals surface area contributed by atoms with Crippen molar-refractivity contribution >= 4 is 5.97 Å². The minimum Gasteiger partial charge on any atom is -0.502 e. The topological polar surface area (TPSA) is 107 Å². The summed E-state index contributed by atoms with van der Waals surface area (Å²) in [5.74, 6) is 2.75. The Labute approximate surface area is 324 Å². The molecule has 4 aliphatic heterocycles. The van der Waals surface area contributed by atoms with Gasteiger partial charge in [-0.15, -0.1) is 0 Å². The van der Waals surface area contributed by atoms with E-state index in [2.05, 4.69) is 44.1 Å². The van der Waals surface area contributed by atoms with Crippen LogP contribution in [0.4, 0.5) is 0 Å². The lowest BCUT2D eigenvalue weighted by Crippen LogP contribution is -2.60. The lowest BCUT2D eigenvalue weighted by atomic mass is 9.84. The molecular formula is C45H55N2O8+. The molecule has 10 heteroatoms. The van der Waals surface area contributed by atoms with Gasteiger partial charge in [-0.2, -0.15) is 0 Å². The Bertz CT molecular complexity index is 2030. The van der Waals surface area contributed by atoms with Gasteiger partial charge in [0.25, 0.3) is 0 Å². The van der Waals surface area contributed by atoms with Gasteiger partial charge in [0.1, 0.15) is 11.8 Å². The fraction of sp³-hybridized carbons (Fsp3) is 0.444. The van der Waals surface area contributed by atoms with E-state index in [4.69, 9.17) is 23.7 Å². The number of hydrogen-bond acceptors (Lipinski definition) is 8. The monoisotopic (exact) mass is 751 g/mol. The molecule has 8 rings (SSSR count). The van der Waals surface area contributed by atoms with Crippen molar-refractivity contribution in [3.63, 3.8) is 0 Å². The molecule has 4 heterocycles. The minimum atomic E-state index is -0.769. The average molecular weight is 752 g/mol. The van der Waals surface area contributed by atoms with Crippen molar-refractivity contribution in [1.29, 1.82) is 0 Å². The number of phenolic OH excluding ortho intramolecular Hbond substituents is 1. The van der Waals surface area contributed by atoms with Crippen molar-refractivity contribution in [1.82, 2.24) is 4.90 Å². The van der Waals surface area contributed by atoms with E-state index in [1.54, 1.807) is 21.3 Å². The summed E-state index contributed by atoms with van der Waals surface area (Å²) in [4.78, 5) is 15.5. The number of carbonyl (C=O) groups is 1. The lowest BCUT2D eigenvalue weighted by molar-refractivity contribution is -0.956. The van der Waals surface area contributed by atoms with Gasteiger partial charge < -0.3 is 38.4 Å². The van der Waals surface area contributed by atoms with E-state index in [1.807, 2.05) is 42.5 Å². The quantitative estimate of drug-likeness (QED) is 0.122. The maximum absolute atomic E-state index is 13.2.